The lowest BCUT2D eigenvalue weighted by molar-refractivity contribution is 0.00257. The Morgan fingerprint density at radius 1 is 1.11 bits per heavy atom. The van der Waals surface area contributed by atoms with E-state index in [1.165, 1.54) is 0 Å². The van der Waals surface area contributed by atoms with Crippen molar-refractivity contribution in [3.8, 4) is 0 Å². The van der Waals surface area contributed by atoms with Crippen LogP contribution < -0.4 is 0 Å². The Balaban J connectivity index is 2.14. The fourth-order valence-corrected chi connectivity index (χ4v) is 1.71. The average Bonchev–Trinajstić information content (AvgIpc) is 2.38. The number of ether oxygens (including phenoxy) is 2. The molecular weight excluding hydrogens is 228 g/mol. The summed E-state index contributed by atoms with van der Waals surface area (Å²) >= 11 is 0. The van der Waals surface area contributed by atoms with E-state index in [0.29, 0.717) is 19.8 Å². The van der Waals surface area contributed by atoms with E-state index in [1.54, 1.807) is 0 Å². The smallest absolute Gasteiger partial charge is 0.103 e. The van der Waals surface area contributed by atoms with E-state index in [1.807, 2.05) is 31.2 Å². The molecule has 0 heterocycles. The zero-order valence-electron chi connectivity index (χ0n) is 11.4. The molecule has 1 aromatic rings. The standard InChI is InChI=1S/C15H24O3/c1-3-4-9-17-10-11-18-12-15(16)14-8-6-5-7-13(14)2/h5-8,15-16H,3-4,9-12H2,1-2H3. The van der Waals surface area contributed by atoms with E-state index in [-0.39, 0.29) is 0 Å². The summed E-state index contributed by atoms with van der Waals surface area (Å²) in [5.74, 6) is 0. The van der Waals surface area contributed by atoms with Crippen LogP contribution in [-0.2, 0) is 9.47 Å². The highest BCUT2D eigenvalue weighted by Gasteiger charge is 2.09. The van der Waals surface area contributed by atoms with Gasteiger partial charge in [0.25, 0.3) is 0 Å². The molecule has 0 amide bonds. The highest BCUT2D eigenvalue weighted by Crippen LogP contribution is 2.17. The van der Waals surface area contributed by atoms with Gasteiger partial charge in [0.2, 0.25) is 0 Å². The van der Waals surface area contributed by atoms with Gasteiger partial charge in [-0.15, -0.1) is 0 Å². The molecule has 0 fully saturated rings. The number of unbranched alkanes of at least 4 members (excludes halogenated alkanes) is 1. The molecule has 18 heavy (non-hydrogen) atoms. The van der Waals surface area contributed by atoms with Crippen LogP contribution in [0.1, 0.15) is 37.0 Å². The first-order valence-electron chi connectivity index (χ1n) is 6.64. The van der Waals surface area contributed by atoms with Crippen LogP contribution in [0.25, 0.3) is 0 Å². The van der Waals surface area contributed by atoms with E-state index in [4.69, 9.17) is 9.47 Å². The average molecular weight is 252 g/mol. The molecule has 0 bridgehead atoms. The third kappa shape index (κ3) is 5.63. The van der Waals surface area contributed by atoms with Gasteiger partial charge in [-0.05, 0) is 24.5 Å². The van der Waals surface area contributed by atoms with Gasteiger partial charge in [0.1, 0.15) is 6.10 Å². The summed E-state index contributed by atoms with van der Waals surface area (Å²) in [5, 5.41) is 9.98. The van der Waals surface area contributed by atoms with Crippen molar-refractivity contribution in [3.63, 3.8) is 0 Å². The van der Waals surface area contributed by atoms with E-state index < -0.39 is 6.10 Å². The SMILES string of the molecule is CCCCOCCOCC(O)c1ccccc1C. The molecule has 0 saturated carbocycles. The Morgan fingerprint density at radius 3 is 2.56 bits per heavy atom. The lowest BCUT2D eigenvalue weighted by Gasteiger charge is -2.14. The summed E-state index contributed by atoms with van der Waals surface area (Å²) in [5.41, 5.74) is 2.03. The van der Waals surface area contributed by atoms with Crippen LogP contribution in [0.2, 0.25) is 0 Å². The van der Waals surface area contributed by atoms with Crippen LogP contribution in [0.15, 0.2) is 24.3 Å². The second-order valence-electron chi connectivity index (χ2n) is 4.41. The topological polar surface area (TPSA) is 38.7 Å². The predicted octanol–water partition coefficient (Wildman–Crippen LogP) is 2.86. The normalized spacial score (nSPS) is 12.6. The molecule has 1 rings (SSSR count). The Kier molecular flexibility index (Phi) is 7.65. The molecule has 1 atom stereocenters. The molecule has 102 valence electrons. The lowest BCUT2D eigenvalue weighted by atomic mass is 10.0. The summed E-state index contributed by atoms with van der Waals surface area (Å²) in [7, 11) is 0. The van der Waals surface area contributed by atoms with E-state index >= 15 is 0 Å². The summed E-state index contributed by atoms with van der Waals surface area (Å²) < 4.78 is 10.8. The molecular formula is C15H24O3. The second-order valence-corrected chi connectivity index (χ2v) is 4.41. The van der Waals surface area contributed by atoms with Crippen molar-refractivity contribution in [2.75, 3.05) is 26.4 Å². The first-order chi connectivity index (χ1) is 8.75. The Hall–Kier alpha value is -0.900. The zero-order valence-corrected chi connectivity index (χ0v) is 11.4. The minimum Gasteiger partial charge on any atom is -0.386 e. The Labute approximate surface area is 110 Å². The highest BCUT2D eigenvalue weighted by atomic mass is 16.5. The Bertz CT molecular complexity index is 325. The fourth-order valence-electron chi connectivity index (χ4n) is 1.71. The number of hydrogen-bond donors (Lipinski definition) is 1. The van der Waals surface area contributed by atoms with Crippen LogP contribution in [0.4, 0.5) is 0 Å². The fraction of sp³-hybridized carbons (Fsp3) is 0.600. The van der Waals surface area contributed by atoms with Gasteiger partial charge in [0.15, 0.2) is 0 Å². The number of rotatable bonds is 9. The maximum Gasteiger partial charge on any atom is 0.103 e. The molecule has 0 aliphatic heterocycles. The van der Waals surface area contributed by atoms with E-state index in [0.717, 1.165) is 30.6 Å². The van der Waals surface area contributed by atoms with E-state index in [2.05, 4.69) is 6.92 Å². The lowest BCUT2D eigenvalue weighted by Crippen LogP contribution is -2.12. The maximum absolute atomic E-state index is 9.98. The quantitative estimate of drug-likeness (QED) is 0.687. The van der Waals surface area contributed by atoms with Crippen LogP contribution in [0.3, 0.4) is 0 Å². The zero-order chi connectivity index (χ0) is 13.2. The van der Waals surface area contributed by atoms with Crippen molar-refractivity contribution in [3.05, 3.63) is 35.4 Å². The molecule has 1 unspecified atom stereocenters. The molecule has 1 N–H and O–H groups in total. The monoisotopic (exact) mass is 252 g/mol. The third-order valence-electron chi connectivity index (χ3n) is 2.84. The molecule has 1 aromatic carbocycles. The minimum absolute atomic E-state index is 0.321. The molecule has 0 aliphatic rings. The van der Waals surface area contributed by atoms with Gasteiger partial charge in [0, 0.05) is 6.61 Å². The van der Waals surface area contributed by atoms with Gasteiger partial charge >= 0.3 is 0 Å². The maximum atomic E-state index is 9.98. The minimum atomic E-state index is -0.554. The first-order valence-corrected chi connectivity index (χ1v) is 6.64. The number of aryl methyl sites for hydroxylation is 1. The van der Waals surface area contributed by atoms with Gasteiger partial charge in [-0.2, -0.15) is 0 Å². The summed E-state index contributed by atoms with van der Waals surface area (Å²) in [6.45, 7) is 6.38. The molecule has 0 saturated heterocycles. The van der Waals surface area contributed by atoms with E-state index in [9.17, 15) is 5.11 Å². The highest BCUT2D eigenvalue weighted by molar-refractivity contribution is 5.27. The van der Waals surface area contributed by atoms with Gasteiger partial charge in [-0.25, -0.2) is 0 Å². The van der Waals surface area contributed by atoms with Crippen molar-refractivity contribution in [2.24, 2.45) is 0 Å². The predicted molar refractivity (Wildman–Crippen MR) is 72.7 cm³/mol. The van der Waals surface area contributed by atoms with Crippen LogP contribution in [0, 0.1) is 6.92 Å². The number of aliphatic hydroxyl groups excluding tert-OH is 1. The van der Waals surface area contributed by atoms with Gasteiger partial charge < -0.3 is 14.6 Å². The first kappa shape index (κ1) is 15.2. The van der Waals surface area contributed by atoms with Crippen molar-refractivity contribution < 1.29 is 14.6 Å². The second kappa shape index (κ2) is 9.09. The summed E-state index contributed by atoms with van der Waals surface area (Å²) in [6.07, 6.45) is 1.68. The third-order valence-corrected chi connectivity index (χ3v) is 2.84. The molecule has 0 aromatic heterocycles. The van der Waals surface area contributed by atoms with Crippen LogP contribution in [-0.4, -0.2) is 31.5 Å². The number of hydrogen-bond acceptors (Lipinski definition) is 3. The van der Waals surface area contributed by atoms with Crippen molar-refractivity contribution in [1.82, 2.24) is 0 Å². The molecule has 0 spiro atoms. The van der Waals surface area contributed by atoms with Gasteiger partial charge in [-0.3, -0.25) is 0 Å². The molecule has 0 radical (unpaired) electrons. The Morgan fingerprint density at radius 2 is 1.83 bits per heavy atom. The van der Waals surface area contributed by atoms with Gasteiger partial charge in [0.05, 0.1) is 19.8 Å². The van der Waals surface area contributed by atoms with Crippen molar-refractivity contribution >= 4 is 0 Å². The van der Waals surface area contributed by atoms with Gasteiger partial charge in [-0.1, -0.05) is 37.6 Å². The summed E-state index contributed by atoms with van der Waals surface area (Å²) in [6, 6.07) is 7.82. The number of benzene rings is 1. The van der Waals surface area contributed by atoms with Crippen LogP contribution >= 0.6 is 0 Å². The summed E-state index contributed by atoms with van der Waals surface area (Å²) in [4.78, 5) is 0. The molecule has 3 heteroatoms. The molecule has 0 aliphatic carbocycles. The largest absolute Gasteiger partial charge is 0.386 e. The van der Waals surface area contributed by atoms with Crippen molar-refractivity contribution in [2.45, 2.75) is 32.8 Å². The molecule has 3 nitrogen and oxygen atoms in total. The van der Waals surface area contributed by atoms with Crippen LogP contribution in [0.5, 0.6) is 0 Å². The van der Waals surface area contributed by atoms with Crippen molar-refractivity contribution in [1.29, 1.82) is 0 Å². The number of aliphatic hydroxyl groups is 1.